The number of non-ortho nitro benzene ring substituents is 1. The zero-order valence-electron chi connectivity index (χ0n) is 15.1. The molecule has 0 spiro atoms. The number of nitro groups is 1. The van der Waals surface area contributed by atoms with E-state index in [0.717, 1.165) is 11.1 Å². The summed E-state index contributed by atoms with van der Waals surface area (Å²) < 4.78 is 5.36. The monoisotopic (exact) mass is 380 g/mol. The molecule has 144 valence electrons. The molecule has 1 unspecified atom stereocenters. The molecule has 3 rings (SSSR count). The van der Waals surface area contributed by atoms with Crippen LogP contribution < -0.4 is 11.1 Å². The van der Waals surface area contributed by atoms with E-state index in [9.17, 15) is 14.9 Å². The van der Waals surface area contributed by atoms with Crippen molar-refractivity contribution in [1.82, 2.24) is 10.3 Å². The first-order chi connectivity index (χ1) is 13.5. The smallest absolute Gasteiger partial charge is 0.273 e. The van der Waals surface area contributed by atoms with Gasteiger partial charge < -0.3 is 15.5 Å². The number of carbonyl (C=O) groups is 1. The molecule has 8 nitrogen and oxygen atoms in total. The largest absolute Gasteiger partial charge is 0.446 e. The number of hydrogen-bond acceptors (Lipinski definition) is 6. The number of rotatable bonds is 8. The zero-order valence-corrected chi connectivity index (χ0v) is 15.1. The number of benzene rings is 2. The lowest BCUT2D eigenvalue weighted by atomic mass is 10.1. The molecule has 1 amide bonds. The predicted molar refractivity (Wildman–Crippen MR) is 103 cm³/mol. The SMILES string of the molecule is NC(Cc1ccccc1)c1nc(C(=O)NCCc2ccc([N+](=O)[O-])cc2)co1. The van der Waals surface area contributed by atoms with Crippen LogP contribution in [0.15, 0.2) is 65.3 Å². The number of nitrogens with zero attached hydrogens (tertiary/aromatic N) is 2. The standard InChI is InChI=1S/C20H20N4O4/c21-17(12-15-4-2-1-3-5-15)20-23-18(13-28-20)19(25)22-11-10-14-6-8-16(9-7-14)24(26)27/h1-9,13,17H,10-12,21H2,(H,22,25). The summed E-state index contributed by atoms with van der Waals surface area (Å²) in [5.74, 6) is -0.0480. The van der Waals surface area contributed by atoms with Crippen molar-refractivity contribution in [3.8, 4) is 0 Å². The van der Waals surface area contributed by atoms with E-state index in [1.165, 1.54) is 18.4 Å². The molecular weight excluding hydrogens is 360 g/mol. The van der Waals surface area contributed by atoms with Gasteiger partial charge in [-0.1, -0.05) is 42.5 Å². The second-order valence-corrected chi connectivity index (χ2v) is 6.30. The Labute approximate surface area is 161 Å². The molecule has 3 aromatic rings. The van der Waals surface area contributed by atoms with Crippen molar-refractivity contribution in [3.63, 3.8) is 0 Å². The summed E-state index contributed by atoms with van der Waals surface area (Å²) in [5, 5.41) is 13.4. The van der Waals surface area contributed by atoms with E-state index in [1.54, 1.807) is 12.1 Å². The molecule has 1 aromatic heterocycles. The highest BCUT2D eigenvalue weighted by molar-refractivity contribution is 5.91. The predicted octanol–water partition coefficient (Wildman–Crippen LogP) is 2.80. The topological polar surface area (TPSA) is 124 Å². The van der Waals surface area contributed by atoms with Gasteiger partial charge in [0.05, 0.1) is 11.0 Å². The van der Waals surface area contributed by atoms with Crippen LogP contribution in [0.3, 0.4) is 0 Å². The maximum Gasteiger partial charge on any atom is 0.273 e. The van der Waals surface area contributed by atoms with E-state index in [1.807, 2.05) is 30.3 Å². The van der Waals surface area contributed by atoms with Crippen LogP contribution in [0.1, 0.15) is 33.5 Å². The zero-order chi connectivity index (χ0) is 19.9. The molecule has 2 aromatic carbocycles. The summed E-state index contributed by atoms with van der Waals surface area (Å²) in [4.78, 5) is 26.6. The van der Waals surface area contributed by atoms with Crippen LogP contribution in [0.5, 0.6) is 0 Å². The third kappa shape index (κ3) is 5.01. The molecule has 1 atom stereocenters. The summed E-state index contributed by atoms with van der Waals surface area (Å²) in [6.45, 7) is 0.370. The number of nitrogens with one attached hydrogen (secondary N) is 1. The van der Waals surface area contributed by atoms with Crippen molar-refractivity contribution in [1.29, 1.82) is 0 Å². The first kappa shape index (κ1) is 19.2. The molecule has 0 fully saturated rings. The van der Waals surface area contributed by atoms with Gasteiger partial charge >= 0.3 is 0 Å². The lowest BCUT2D eigenvalue weighted by molar-refractivity contribution is -0.384. The summed E-state index contributed by atoms with van der Waals surface area (Å²) in [6.07, 6.45) is 2.39. The molecule has 3 N–H and O–H groups in total. The molecule has 0 aliphatic rings. The number of nitro benzene ring substituents is 1. The molecule has 28 heavy (non-hydrogen) atoms. The number of oxazole rings is 1. The molecule has 0 saturated heterocycles. The summed E-state index contributed by atoms with van der Waals surface area (Å²) in [7, 11) is 0. The Balaban J connectivity index is 1.50. The van der Waals surface area contributed by atoms with E-state index in [-0.39, 0.29) is 17.3 Å². The number of hydrogen-bond donors (Lipinski definition) is 2. The van der Waals surface area contributed by atoms with Crippen molar-refractivity contribution in [2.75, 3.05) is 6.54 Å². The summed E-state index contributed by atoms with van der Waals surface area (Å²) in [5.41, 5.74) is 8.26. The first-order valence-corrected chi connectivity index (χ1v) is 8.79. The minimum Gasteiger partial charge on any atom is -0.446 e. The average molecular weight is 380 g/mol. The molecule has 0 aliphatic heterocycles. The highest BCUT2D eigenvalue weighted by atomic mass is 16.6. The van der Waals surface area contributed by atoms with E-state index in [2.05, 4.69) is 10.3 Å². The maximum atomic E-state index is 12.2. The molecule has 0 bridgehead atoms. The van der Waals surface area contributed by atoms with Crippen molar-refractivity contribution >= 4 is 11.6 Å². The van der Waals surface area contributed by atoms with Gasteiger partial charge in [0.15, 0.2) is 5.69 Å². The van der Waals surface area contributed by atoms with Crippen LogP contribution in [-0.4, -0.2) is 22.4 Å². The Morgan fingerprint density at radius 1 is 1.14 bits per heavy atom. The Morgan fingerprint density at radius 3 is 2.54 bits per heavy atom. The second-order valence-electron chi connectivity index (χ2n) is 6.30. The number of carbonyl (C=O) groups excluding carboxylic acids is 1. The van der Waals surface area contributed by atoms with Crippen molar-refractivity contribution in [3.05, 3.63) is 93.7 Å². The van der Waals surface area contributed by atoms with E-state index >= 15 is 0 Å². The number of aromatic nitrogens is 1. The van der Waals surface area contributed by atoms with Gasteiger partial charge in [-0.25, -0.2) is 4.98 Å². The average Bonchev–Trinajstić information content (AvgIpc) is 3.20. The van der Waals surface area contributed by atoms with Crippen molar-refractivity contribution < 1.29 is 14.1 Å². The minimum atomic E-state index is -0.448. The lowest BCUT2D eigenvalue weighted by Gasteiger charge is -2.07. The van der Waals surface area contributed by atoms with Gasteiger partial charge in [-0.05, 0) is 24.0 Å². The highest BCUT2D eigenvalue weighted by Crippen LogP contribution is 2.16. The third-order valence-corrected chi connectivity index (χ3v) is 4.22. The Hall–Kier alpha value is -3.52. The minimum absolute atomic E-state index is 0.0368. The van der Waals surface area contributed by atoms with E-state index in [4.69, 9.17) is 10.2 Å². The molecule has 8 heteroatoms. The maximum absolute atomic E-state index is 12.2. The fourth-order valence-electron chi connectivity index (χ4n) is 2.71. The summed E-state index contributed by atoms with van der Waals surface area (Å²) >= 11 is 0. The molecular formula is C20H20N4O4. The van der Waals surface area contributed by atoms with Crippen LogP contribution in [-0.2, 0) is 12.8 Å². The van der Waals surface area contributed by atoms with Crippen molar-refractivity contribution in [2.45, 2.75) is 18.9 Å². The second kappa shape index (κ2) is 8.92. The number of amides is 1. The quantitative estimate of drug-likeness (QED) is 0.457. The molecule has 1 heterocycles. The van der Waals surface area contributed by atoms with Gasteiger partial charge in [0.2, 0.25) is 5.89 Å². The number of nitrogens with two attached hydrogens (primary N) is 1. The fourth-order valence-corrected chi connectivity index (χ4v) is 2.71. The van der Waals surface area contributed by atoms with Gasteiger partial charge in [0.25, 0.3) is 11.6 Å². The first-order valence-electron chi connectivity index (χ1n) is 8.79. The molecule has 0 aliphatic carbocycles. The van der Waals surface area contributed by atoms with Gasteiger partial charge in [-0.15, -0.1) is 0 Å². The Morgan fingerprint density at radius 2 is 1.86 bits per heavy atom. The van der Waals surface area contributed by atoms with Gasteiger partial charge in [-0.3, -0.25) is 14.9 Å². The van der Waals surface area contributed by atoms with Gasteiger partial charge in [-0.2, -0.15) is 0 Å². The van der Waals surface area contributed by atoms with Crippen LogP contribution >= 0.6 is 0 Å². The Bertz CT molecular complexity index is 938. The van der Waals surface area contributed by atoms with E-state index < -0.39 is 11.0 Å². The van der Waals surface area contributed by atoms with E-state index in [0.29, 0.717) is 25.3 Å². The highest BCUT2D eigenvalue weighted by Gasteiger charge is 2.17. The van der Waals surface area contributed by atoms with Gasteiger partial charge in [0.1, 0.15) is 6.26 Å². The molecule has 0 saturated carbocycles. The van der Waals surface area contributed by atoms with Crippen LogP contribution in [0.25, 0.3) is 0 Å². The van der Waals surface area contributed by atoms with Crippen LogP contribution in [0.4, 0.5) is 5.69 Å². The third-order valence-electron chi connectivity index (χ3n) is 4.22. The summed E-state index contributed by atoms with van der Waals surface area (Å²) in [6, 6.07) is 15.5. The van der Waals surface area contributed by atoms with Crippen LogP contribution in [0, 0.1) is 10.1 Å². The molecule has 0 radical (unpaired) electrons. The normalized spacial score (nSPS) is 11.8. The van der Waals surface area contributed by atoms with Gasteiger partial charge in [0, 0.05) is 18.7 Å². The Kier molecular flexibility index (Phi) is 6.13. The fraction of sp³-hybridized carbons (Fsp3) is 0.200. The van der Waals surface area contributed by atoms with Crippen molar-refractivity contribution in [2.24, 2.45) is 5.73 Å². The van der Waals surface area contributed by atoms with Crippen LogP contribution in [0.2, 0.25) is 0 Å². The lowest BCUT2D eigenvalue weighted by Crippen LogP contribution is -2.26.